The molecule has 2 aromatic carbocycles. The van der Waals surface area contributed by atoms with Crippen molar-refractivity contribution < 1.29 is 14.5 Å². The first-order valence-corrected chi connectivity index (χ1v) is 9.04. The number of anilines is 1. The predicted octanol–water partition coefficient (Wildman–Crippen LogP) is 3.63. The second-order valence-corrected chi connectivity index (χ2v) is 6.85. The number of carbonyl (C=O) groups is 1. The molecular weight excluding hydrogens is 393 g/mol. The van der Waals surface area contributed by atoms with E-state index in [1.165, 1.54) is 12.1 Å². The normalized spacial score (nSPS) is 14.1. The zero-order chi connectivity index (χ0) is 19.4. The summed E-state index contributed by atoms with van der Waals surface area (Å²) >= 11 is 11.9. The van der Waals surface area contributed by atoms with Gasteiger partial charge in [0, 0.05) is 55.1 Å². The van der Waals surface area contributed by atoms with Gasteiger partial charge in [-0.25, -0.2) is 0 Å². The highest BCUT2D eigenvalue weighted by atomic mass is 35.5. The molecule has 1 aliphatic rings. The molecule has 0 bridgehead atoms. The molecule has 1 saturated heterocycles. The van der Waals surface area contributed by atoms with Gasteiger partial charge in [0.2, 0.25) is 0 Å². The average Bonchev–Trinajstić information content (AvgIpc) is 2.68. The van der Waals surface area contributed by atoms with Crippen LogP contribution in [0.4, 0.5) is 11.4 Å². The number of amides is 1. The summed E-state index contributed by atoms with van der Waals surface area (Å²) < 4.78 is 5.49. The van der Waals surface area contributed by atoms with Crippen LogP contribution in [0.15, 0.2) is 42.5 Å². The van der Waals surface area contributed by atoms with Crippen LogP contribution in [0.25, 0.3) is 0 Å². The minimum atomic E-state index is -0.424. The first kappa shape index (κ1) is 19.3. The van der Waals surface area contributed by atoms with Crippen molar-refractivity contribution in [3.8, 4) is 5.75 Å². The Kier molecular flexibility index (Phi) is 6.03. The Labute approximate surface area is 166 Å². The number of ether oxygens (including phenoxy) is 1. The standard InChI is InChI=1S/C18H17Cl2N3O4/c19-13-1-6-16(20)17(11-13)27-12-18(24)22-9-7-21(8-10-22)14-2-4-15(5-3-14)23(25)26/h1-6,11H,7-10,12H2. The first-order chi connectivity index (χ1) is 12.9. The fourth-order valence-electron chi connectivity index (χ4n) is 2.82. The van der Waals surface area contributed by atoms with Crippen molar-refractivity contribution in [2.45, 2.75) is 0 Å². The van der Waals surface area contributed by atoms with E-state index in [1.807, 2.05) is 0 Å². The minimum Gasteiger partial charge on any atom is -0.482 e. The number of rotatable bonds is 5. The summed E-state index contributed by atoms with van der Waals surface area (Å²) in [6.07, 6.45) is 0. The van der Waals surface area contributed by atoms with Crippen LogP contribution in [0.1, 0.15) is 0 Å². The van der Waals surface area contributed by atoms with E-state index in [0.29, 0.717) is 42.0 Å². The van der Waals surface area contributed by atoms with E-state index >= 15 is 0 Å². The van der Waals surface area contributed by atoms with E-state index in [9.17, 15) is 14.9 Å². The number of hydrogen-bond acceptors (Lipinski definition) is 5. The van der Waals surface area contributed by atoms with Crippen LogP contribution < -0.4 is 9.64 Å². The Morgan fingerprint density at radius 2 is 1.74 bits per heavy atom. The molecule has 1 heterocycles. The molecule has 0 unspecified atom stereocenters. The number of piperazine rings is 1. The van der Waals surface area contributed by atoms with Crippen LogP contribution in [0, 0.1) is 10.1 Å². The molecule has 0 aromatic heterocycles. The third-order valence-corrected chi connectivity index (χ3v) is 4.85. The van der Waals surface area contributed by atoms with E-state index in [2.05, 4.69) is 4.90 Å². The van der Waals surface area contributed by atoms with Crippen molar-refractivity contribution >= 4 is 40.5 Å². The van der Waals surface area contributed by atoms with Crippen molar-refractivity contribution in [1.29, 1.82) is 0 Å². The number of nitrogens with zero attached hydrogens (tertiary/aromatic N) is 3. The summed E-state index contributed by atoms with van der Waals surface area (Å²) in [7, 11) is 0. The van der Waals surface area contributed by atoms with Crippen LogP contribution in [-0.2, 0) is 4.79 Å². The molecule has 1 fully saturated rings. The Hall–Kier alpha value is -2.51. The minimum absolute atomic E-state index is 0.0596. The molecule has 0 atom stereocenters. The number of benzene rings is 2. The Bertz CT molecular complexity index is 837. The lowest BCUT2D eigenvalue weighted by molar-refractivity contribution is -0.384. The second-order valence-electron chi connectivity index (χ2n) is 6.00. The van der Waals surface area contributed by atoms with Gasteiger partial charge in [-0.15, -0.1) is 0 Å². The smallest absolute Gasteiger partial charge is 0.269 e. The van der Waals surface area contributed by atoms with Crippen molar-refractivity contribution in [3.05, 3.63) is 62.6 Å². The van der Waals surface area contributed by atoms with Gasteiger partial charge in [0.15, 0.2) is 6.61 Å². The van der Waals surface area contributed by atoms with Crippen LogP contribution in [-0.4, -0.2) is 48.5 Å². The van der Waals surface area contributed by atoms with Crippen molar-refractivity contribution in [2.75, 3.05) is 37.7 Å². The molecule has 9 heteroatoms. The molecular formula is C18H17Cl2N3O4. The number of non-ortho nitro benzene ring substituents is 1. The maximum atomic E-state index is 12.4. The summed E-state index contributed by atoms with van der Waals surface area (Å²) in [5.74, 6) is 0.247. The van der Waals surface area contributed by atoms with Gasteiger partial charge in [0.05, 0.1) is 9.95 Å². The fraction of sp³-hybridized carbons (Fsp3) is 0.278. The summed E-state index contributed by atoms with van der Waals surface area (Å²) in [5.41, 5.74) is 0.957. The maximum absolute atomic E-state index is 12.4. The van der Waals surface area contributed by atoms with Crippen LogP contribution in [0.2, 0.25) is 10.0 Å². The van der Waals surface area contributed by atoms with Gasteiger partial charge in [0.25, 0.3) is 11.6 Å². The topological polar surface area (TPSA) is 75.9 Å². The Balaban J connectivity index is 1.51. The second kappa shape index (κ2) is 8.45. The van der Waals surface area contributed by atoms with E-state index in [4.69, 9.17) is 27.9 Å². The first-order valence-electron chi connectivity index (χ1n) is 8.29. The summed E-state index contributed by atoms with van der Waals surface area (Å²) in [5, 5.41) is 11.6. The number of nitro groups is 1. The molecule has 142 valence electrons. The lowest BCUT2D eigenvalue weighted by Crippen LogP contribution is -2.50. The SMILES string of the molecule is O=C(COc1cc(Cl)ccc1Cl)N1CCN(c2ccc([N+](=O)[O-])cc2)CC1. The molecule has 3 rings (SSSR count). The van der Waals surface area contributed by atoms with Gasteiger partial charge in [-0.05, 0) is 24.3 Å². The molecule has 1 amide bonds. The fourth-order valence-corrected chi connectivity index (χ4v) is 3.15. The third kappa shape index (κ3) is 4.81. The van der Waals surface area contributed by atoms with E-state index in [-0.39, 0.29) is 18.2 Å². The molecule has 1 aliphatic heterocycles. The number of nitro benzene ring substituents is 1. The lowest BCUT2D eigenvalue weighted by Gasteiger charge is -2.36. The highest BCUT2D eigenvalue weighted by Crippen LogP contribution is 2.27. The van der Waals surface area contributed by atoms with Crippen LogP contribution >= 0.6 is 23.2 Å². The van der Waals surface area contributed by atoms with Gasteiger partial charge in [0.1, 0.15) is 5.75 Å². The molecule has 0 radical (unpaired) electrons. The van der Waals surface area contributed by atoms with Crippen molar-refractivity contribution in [1.82, 2.24) is 4.90 Å². The number of halogens is 2. The van der Waals surface area contributed by atoms with E-state index < -0.39 is 4.92 Å². The van der Waals surface area contributed by atoms with Gasteiger partial charge in [-0.3, -0.25) is 14.9 Å². The Morgan fingerprint density at radius 3 is 2.37 bits per heavy atom. The van der Waals surface area contributed by atoms with E-state index in [0.717, 1.165) is 5.69 Å². The van der Waals surface area contributed by atoms with E-state index in [1.54, 1.807) is 35.2 Å². The average molecular weight is 410 g/mol. The van der Waals surface area contributed by atoms with Crippen LogP contribution in [0.5, 0.6) is 5.75 Å². The third-order valence-electron chi connectivity index (χ3n) is 4.30. The molecule has 0 saturated carbocycles. The van der Waals surface area contributed by atoms with Gasteiger partial charge >= 0.3 is 0 Å². The van der Waals surface area contributed by atoms with Crippen molar-refractivity contribution in [2.24, 2.45) is 0 Å². The zero-order valence-corrected chi connectivity index (χ0v) is 15.8. The summed E-state index contributed by atoms with van der Waals surface area (Å²) in [4.78, 5) is 26.5. The van der Waals surface area contributed by atoms with Crippen LogP contribution in [0.3, 0.4) is 0 Å². The zero-order valence-electron chi connectivity index (χ0n) is 14.3. The highest BCUT2D eigenvalue weighted by Gasteiger charge is 2.22. The molecule has 0 N–H and O–H groups in total. The highest BCUT2D eigenvalue weighted by molar-refractivity contribution is 6.34. The molecule has 2 aromatic rings. The van der Waals surface area contributed by atoms with Gasteiger partial charge < -0.3 is 14.5 Å². The summed E-state index contributed by atoms with van der Waals surface area (Å²) in [6, 6.07) is 11.2. The maximum Gasteiger partial charge on any atom is 0.269 e. The molecule has 0 spiro atoms. The van der Waals surface area contributed by atoms with Gasteiger partial charge in [-0.2, -0.15) is 0 Å². The number of hydrogen-bond donors (Lipinski definition) is 0. The van der Waals surface area contributed by atoms with Gasteiger partial charge in [-0.1, -0.05) is 23.2 Å². The largest absolute Gasteiger partial charge is 0.482 e. The monoisotopic (exact) mass is 409 g/mol. The predicted molar refractivity (Wildman–Crippen MR) is 104 cm³/mol. The molecule has 7 nitrogen and oxygen atoms in total. The quantitative estimate of drug-likeness (QED) is 0.556. The van der Waals surface area contributed by atoms with Crippen molar-refractivity contribution in [3.63, 3.8) is 0 Å². The number of carbonyl (C=O) groups excluding carboxylic acids is 1. The summed E-state index contributed by atoms with van der Waals surface area (Å²) in [6.45, 7) is 2.26. The Morgan fingerprint density at radius 1 is 1.07 bits per heavy atom. The molecule has 0 aliphatic carbocycles. The lowest BCUT2D eigenvalue weighted by atomic mass is 10.2. The molecule has 27 heavy (non-hydrogen) atoms.